The van der Waals surface area contributed by atoms with E-state index in [0.717, 1.165) is 0 Å². The third-order valence-corrected chi connectivity index (χ3v) is 3.09. The molecule has 0 aromatic rings. The maximum atomic E-state index is 11.7. The van der Waals surface area contributed by atoms with Gasteiger partial charge in [0.25, 0.3) is 0 Å². The Kier molecular flexibility index (Phi) is 4.21. The van der Waals surface area contributed by atoms with Crippen molar-refractivity contribution in [2.45, 2.75) is 18.8 Å². The molecule has 1 unspecified atom stereocenters. The van der Waals surface area contributed by atoms with Gasteiger partial charge in [0.2, 0.25) is 0 Å². The fraction of sp³-hybridized carbons (Fsp3) is 0.750. The molecule has 2 rings (SSSR count). The van der Waals surface area contributed by atoms with Crippen LogP contribution < -0.4 is 0 Å². The molecule has 0 aromatic heterocycles. The van der Waals surface area contributed by atoms with Crippen LogP contribution >= 0.6 is 0 Å². The molecule has 6 nitrogen and oxygen atoms in total. The average molecular weight is 257 g/mol. The second-order valence-corrected chi connectivity index (χ2v) is 4.38. The van der Waals surface area contributed by atoms with Gasteiger partial charge in [-0.2, -0.15) is 0 Å². The summed E-state index contributed by atoms with van der Waals surface area (Å²) in [6.07, 6.45) is 0.898. The second kappa shape index (κ2) is 5.69. The molecule has 2 fully saturated rings. The molecule has 2 aliphatic rings. The van der Waals surface area contributed by atoms with E-state index in [9.17, 15) is 4.79 Å². The lowest BCUT2D eigenvalue weighted by molar-refractivity contribution is -0.235. The number of ether oxygens (including phenoxy) is 4. The van der Waals surface area contributed by atoms with E-state index in [1.54, 1.807) is 11.0 Å². The van der Waals surface area contributed by atoms with Gasteiger partial charge < -0.3 is 23.8 Å². The van der Waals surface area contributed by atoms with Gasteiger partial charge in [-0.15, -0.1) is 0 Å². The summed E-state index contributed by atoms with van der Waals surface area (Å²) < 4.78 is 21.7. The van der Waals surface area contributed by atoms with Crippen molar-refractivity contribution in [1.82, 2.24) is 4.90 Å². The van der Waals surface area contributed by atoms with E-state index < -0.39 is 5.79 Å². The first-order chi connectivity index (χ1) is 8.65. The van der Waals surface area contributed by atoms with Gasteiger partial charge in [-0.05, 0) is 6.92 Å². The van der Waals surface area contributed by atoms with Crippen molar-refractivity contribution < 1.29 is 23.7 Å². The van der Waals surface area contributed by atoms with Crippen molar-refractivity contribution in [3.05, 3.63) is 12.7 Å². The smallest absolute Gasteiger partial charge is 0.410 e. The first-order valence-electron chi connectivity index (χ1n) is 6.08. The van der Waals surface area contributed by atoms with Crippen molar-refractivity contribution in [2.75, 3.05) is 39.5 Å². The van der Waals surface area contributed by atoms with Crippen molar-refractivity contribution in [1.29, 1.82) is 0 Å². The monoisotopic (exact) mass is 257 g/mol. The summed E-state index contributed by atoms with van der Waals surface area (Å²) in [4.78, 5) is 13.3. The maximum Gasteiger partial charge on any atom is 0.410 e. The predicted octanol–water partition coefficient (Wildman–Crippen LogP) is 0.773. The summed E-state index contributed by atoms with van der Waals surface area (Å²) in [6.45, 7) is 8.04. The Morgan fingerprint density at radius 3 is 2.89 bits per heavy atom. The number of nitrogens with zero attached hydrogens (tertiary/aromatic N) is 1. The minimum atomic E-state index is -0.766. The summed E-state index contributed by atoms with van der Waals surface area (Å²) in [5, 5.41) is 0. The van der Waals surface area contributed by atoms with Crippen LogP contribution in [0.4, 0.5) is 4.79 Å². The minimum Gasteiger partial charge on any atom is -0.445 e. The van der Waals surface area contributed by atoms with E-state index in [-0.39, 0.29) is 18.8 Å². The molecule has 2 aliphatic heterocycles. The zero-order valence-electron chi connectivity index (χ0n) is 10.6. The van der Waals surface area contributed by atoms with E-state index in [0.29, 0.717) is 32.9 Å². The molecule has 0 aliphatic carbocycles. The molecule has 0 aromatic carbocycles. The average Bonchev–Trinajstić information content (AvgIpc) is 2.84. The highest BCUT2D eigenvalue weighted by molar-refractivity contribution is 5.67. The maximum absolute atomic E-state index is 11.7. The Hall–Kier alpha value is -1.11. The predicted molar refractivity (Wildman–Crippen MR) is 63.2 cm³/mol. The molecule has 1 atom stereocenters. The van der Waals surface area contributed by atoms with Crippen molar-refractivity contribution in [3.63, 3.8) is 0 Å². The van der Waals surface area contributed by atoms with Gasteiger partial charge in [0.05, 0.1) is 26.4 Å². The molecule has 0 spiro atoms. The SMILES string of the molecule is C=CCOC(=O)N1CCOC(C2(C)OCCO2)C1. The molecule has 0 saturated carbocycles. The molecule has 102 valence electrons. The standard InChI is InChI=1S/C12H19NO5/c1-3-5-16-11(14)13-4-6-15-10(9-13)12(2)17-7-8-18-12/h3,10H,1,4-9H2,2H3. The first-order valence-corrected chi connectivity index (χ1v) is 6.08. The minimum absolute atomic E-state index is 0.213. The Morgan fingerprint density at radius 1 is 1.50 bits per heavy atom. The largest absolute Gasteiger partial charge is 0.445 e. The van der Waals surface area contributed by atoms with Gasteiger partial charge in [-0.1, -0.05) is 12.7 Å². The van der Waals surface area contributed by atoms with Gasteiger partial charge in [0, 0.05) is 6.54 Å². The summed E-state index contributed by atoms with van der Waals surface area (Å²) in [6, 6.07) is 0. The summed E-state index contributed by atoms with van der Waals surface area (Å²) >= 11 is 0. The fourth-order valence-corrected chi connectivity index (χ4v) is 2.07. The highest BCUT2D eigenvalue weighted by Crippen LogP contribution is 2.27. The Morgan fingerprint density at radius 2 is 2.22 bits per heavy atom. The van der Waals surface area contributed by atoms with Crippen LogP contribution in [0.2, 0.25) is 0 Å². The number of hydrogen-bond acceptors (Lipinski definition) is 5. The summed E-state index contributed by atoms with van der Waals surface area (Å²) in [7, 11) is 0. The Bertz CT molecular complexity index is 314. The van der Waals surface area contributed by atoms with Gasteiger partial charge in [0.1, 0.15) is 12.7 Å². The number of carbonyl (C=O) groups excluding carboxylic acids is 1. The molecule has 2 heterocycles. The lowest BCUT2D eigenvalue weighted by atomic mass is 10.1. The van der Waals surface area contributed by atoms with Crippen LogP contribution in [0.1, 0.15) is 6.92 Å². The van der Waals surface area contributed by atoms with Gasteiger partial charge in [-0.25, -0.2) is 4.79 Å². The van der Waals surface area contributed by atoms with E-state index >= 15 is 0 Å². The van der Waals surface area contributed by atoms with Crippen LogP contribution in [0, 0.1) is 0 Å². The van der Waals surface area contributed by atoms with E-state index in [2.05, 4.69) is 6.58 Å². The first kappa shape index (κ1) is 13.3. The molecular weight excluding hydrogens is 238 g/mol. The number of hydrogen-bond donors (Lipinski definition) is 0. The van der Waals surface area contributed by atoms with Crippen LogP contribution in [-0.4, -0.2) is 62.4 Å². The molecule has 0 radical (unpaired) electrons. The molecule has 0 N–H and O–H groups in total. The highest BCUT2D eigenvalue weighted by Gasteiger charge is 2.44. The van der Waals surface area contributed by atoms with Crippen LogP contribution in [0.15, 0.2) is 12.7 Å². The van der Waals surface area contributed by atoms with Crippen LogP contribution in [0.5, 0.6) is 0 Å². The number of amides is 1. The van der Waals surface area contributed by atoms with Gasteiger partial charge in [0.15, 0.2) is 5.79 Å². The van der Waals surface area contributed by atoms with Gasteiger partial charge >= 0.3 is 6.09 Å². The molecule has 18 heavy (non-hydrogen) atoms. The summed E-state index contributed by atoms with van der Waals surface area (Å²) in [5.74, 6) is -0.766. The molecule has 2 saturated heterocycles. The van der Waals surface area contributed by atoms with E-state index in [4.69, 9.17) is 18.9 Å². The normalized spacial score (nSPS) is 26.9. The highest BCUT2D eigenvalue weighted by atomic mass is 16.8. The third kappa shape index (κ3) is 2.82. The van der Waals surface area contributed by atoms with E-state index in [1.807, 2.05) is 6.92 Å². The quantitative estimate of drug-likeness (QED) is 0.699. The molecular formula is C12H19NO5. The topological polar surface area (TPSA) is 57.2 Å². The Labute approximate surface area is 106 Å². The second-order valence-electron chi connectivity index (χ2n) is 4.38. The van der Waals surface area contributed by atoms with Crippen molar-refractivity contribution in [2.24, 2.45) is 0 Å². The van der Waals surface area contributed by atoms with Crippen molar-refractivity contribution in [3.8, 4) is 0 Å². The van der Waals surface area contributed by atoms with Crippen LogP contribution in [-0.2, 0) is 18.9 Å². The van der Waals surface area contributed by atoms with Crippen molar-refractivity contribution >= 4 is 6.09 Å². The van der Waals surface area contributed by atoms with Crippen LogP contribution in [0.3, 0.4) is 0 Å². The zero-order valence-corrected chi connectivity index (χ0v) is 10.6. The number of carbonyl (C=O) groups is 1. The fourth-order valence-electron chi connectivity index (χ4n) is 2.07. The molecule has 1 amide bonds. The van der Waals surface area contributed by atoms with Gasteiger partial charge in [-0.3, -0.25) is 0 Å². The third-order valence-electron chi connectivity index (χ3n) is 3.09. The number of rotatable bonds is 3. The number of morpholine rings is 1. The van der Waals surface area contributed by atoms with Crippen LogP contribution in [0.25, 0.3) is 0 Å². The zero-order chi connectivity index (χ0) is 13.0. The Balaban J connectivity index is 1.91. The summed E-state index contributed by atoms with van der Waals surface area (Å²) in [5.41, 5.74) is 0. The lowest BCUT2D eigenvalue weighted by Crippen LogP contribution is -2.55. The van der Waals surface area contributed by atoms with E-state index in [1.165, 1.54) is 0 Å². The molecule has 0 bridgehead atoms. The lowest BCUT2D eigenvalue weighted by Gasteiger charge is -2.39. The molecule has 6 heteroatoms.